The summed E-state index contributed by atoms with van der Waals surface area (Å²) < 4.78 is 20.8. The first-order valence-corrected chi connectivity index (χ1v) is 9.55. The van der Waals surface area contributed by atoms with Crippen LogP contribution in [0.4, 0.5) is 11.4 Å². The number of Topliss-reactive ketones (excluding diaryl/α,β-unsaturated/α-hetero) is 1. The molecular weight excluding hydrogens is 398 g/mol. The summed E-state index contributed by atoms with van der Waals surface area (Å²) in [4.78, 5) is 24.3. The maximum atomic E-state index is 12.3. The fourth-order valence-electron chi connectivity index (χ4n) is 2.76. The molecule has 0 unspecified atom stereocenters. The van der Waals surface area contributed by atoms with Crippen LogP contribution in [-0.4, -0.2) is 39.2 Å². The highest BCUT2D eigenvalue weighted by Crippen LogP contribution is 2.25. The molecule has 0 heterocycles. The fraction of sp³-hybridized carbons (Fsp3) is 0.167. The van der Waals surface area contributed by atoms with Gasteiger partial charge in [-0.15, -0.1) is 0 Å². The number of anilines is 2. The standard InChI is InChI=1S/C24H23NO6/c1-28-20-12-13-21(23(14-20)29-2)22(26)15-31-24(27)16-30-19-10-8-18(9-11-19)25-17-6-4-3-5-7-17/h3-14,25H,15-16H2,1-2H3. The molecule has 0 saturated heterocycles. The highest BCUT2D eigenvalue weighted by molar-refractivity contribution is 6.00. The Morgan fingerprint density at radius 1 is 0.774 bits per heavy atom. The number of benzene rings is 3. The Bertz CT molecular complexity index is 1020. The van der Waals surface area contributed by atoms with E-state index < -0.39 is 12.6 Å². The van der Waals surface area contributed by atoms with Crippen LogP contribution >= 0.6 is 0 Å². The summed E-state index contributed by atoms with van der Waals surface area (Å²) in [5.41, 5.74) is 2.16. The summed E-state index contributed by atoms with van der Waals surface area (Å²) in [5.74, 6) is 0.389. The molecule has 0 bridgehead atoms. The molecule has 31 heavy (non-hydrogen) atoms. The van der Waals surface area contributed by atoms with E-state index in [-0.39, 0.29) is 12.4 Å². The molecule has 0 radical (unpaired) electrons. The van der Waals surface area contributed by atoms with Gasteiger partial charge in [0.25, 0.3) is 0 Å². The molecule has 0 aromatic heterocycles. The molecule has 0 aliphatic carbocycles. The van der Waals surface area contributed by atoms with Crippen molar-refractivity contribution in [2.75, 3.05) is 32.8 Å². The molecule has 0 spiro atoms. The molecule has 160 valence electrons. The smallest absolute Gasteiger partial charge is 0.344 e. The van der Waals surface area contributed by atoms with Gasteiger partial charge in [0, 0.05) is 17.4 Å². The van der Waals surface area contributed by atoms with Crippen LogP contribution in [0, 0.1) is 0 Å². The number of ketones is 1. The van der Waals surface area contributed by atoms with E-state index in [0.717, 1.165) is 11.4 Å². The Kier molecular flexibility index (Phi) is 7.48. The first-order chi connectivity index (χ1) is 15.1. The average Bonchev–Trinajstić information content (AvgIpc) is 2.82. The number of ether oxygens (including phenoxy) is 4. The van der Waals surface area contributed by atoms with Crippen molar-refractivity contribution in [3.8, 4) is 17.2 Å². The first-order valence-electron chi connectivity index (χ1n) is 9.55. The lowest BCUT2D eigenvalue weighted by Crippen LogP contribution is -2.19. The monoisotopic (exact) mass is 421 g/mol. The van der Waals surface area contributed by atoms with Crippen LogP contribution in [-0.2, 0) is 9.53 Å². The van der Waals surface area contributed by atoms with Gasteiger partial charge < -0.3 is 24.3 Å². The van der Waals surface area contributed by atoms with Crippen molar-refractivity contribution >= 4 is 23.1 Å². The summed E-state index contributed by atoms with van der Waals surface area (Å²) in [6, 6.07) is 21.7. The topological polar surface area (TPSA) is 83.1 Å². The second-order valence-electron chi connectivity index (χ2n) is 6.45. The normalized spacial score (nSPS) is 10.1. The lowest BCUT2D eigenvalue weighted by molar-refractivity contribution is -0.144. The largest absolute Gasteiger partial charge is 0.497 e. The molecule has 0 fully saturated rings. The second kappa shape index (κ2) is 10.7. The molecule has 3 aromatic carbocycles. The van der Waals surface area contributed by atoms with Crippen LogP contribution < -0.4 is 19.5 Å². The van der Waals surface area contributed by atoms with Crippen molar-refractivity contribution in [1.82, 2.24) is 0 Å². The van der Waals surface area contributed by atoms with Gasteiger partial charge in [-0.25, -0.2) is 4.79 Å². The summed E-state index contributed by atoms with van der Waals surface area (Å²) >= 11 is 0. The van der Waals surface area contributed by atoms with E-state index in [1.54, 1.807) is 30.3 Å². The number of hydrogen-bond acceptors (Lipinski definition) is 7. The molecule has 7 nitrogen and oxygen atoms in total. The quantitative estimate of drug-likeness (QED) is 0.387. The predicted octanol–water partition coefficient (Wildman–Crippen LogP) is 4.25. The predicted molar refractivity (Wildman–Crippen MR) is 116 cm³/mol. The second-order valence-corrected chi connectivity index (χ2v) is 6.45. The maximum absolute atomic E-state index is 12.3. The van der Waals surface area contributed by atoms with Gasteiger partial charge in [-0.3, -0.25) is 4.79 Å². The molecule has 0 aliphatic rings. The van der Waals surface area contributed by atoms with Crippen LogP contribution in [0.15, 0.2) is 72.8 Å². The third-order valence-electron chi connectivity index (χ3n) is 4.35. The Hall–Kier alpha value is -4.00. The number of hydrogen-bond donors (Lipinski definition) is 1. The number of rotatable bonds is 10. The van der Waals surface area contributed by atoms with Crippen molar-refractivity contribution < 1.29 is 28.5 Å². The maximum Gasteiger partial charge on any atom is 0.344 e. The fourth-order valence-corrected chi connectivity index (χ4v) is 2.76. The van der Waals surface area contributed by atoms with Gasteiger partial charge in [0.1, 0.15) is 17.2 Å². The van der Waals surface area contributed by atoms with Crippen LogP contribution in [0.1, 0.15) is 10.4 Å². The lowest BCUT2D eigenvalue weighted by Gasteiger charge is -2.11. The zero-order chi connectivity index (χ0) is 22.1. The molecule has 0 amide bonds. The highest BCUT2D eigenvalue weighted by atomic mass is 16.6. The van der Waals surface area contributed by atoms with E-state index in [9.17, 15) is 9.59 Å². The molecule has 0 saturated carbocycles. The van der Waals surface area contributed by atoms with Gasteiger partial charge in [-0.2, -0.15) is 0 Å². The molecule has 0 atom stereocenters. The van der Waals surface area contributed by atoms with Crippen LogP contribution in [0.5, 0.6) is 17.2 Å². The average molecular weight is 421 g/mol. The number of nitrogens with one attached hydrogen (secondary N) is 1. The molecule has 3 aromatic rings. The number of carbonyl (C=O) groups excluding carboxylic acids is 2. The number of methoxy groups -OCH3 is 2. The van der Waals surface area contributed by atoms with Crippen molar-refractivity contribution in [1.29, 1.82) is 0 Å². The molecular formula is C24H23NO6. The minimum Gasteiger partial charge on any atom is -0.497 e. The van der Waals surface area contributed by atoms with E-state index in [1.807, 2.05) is 42.5 Å². The minimum atomic E-state index is -0.646. The lowest BCUT2D eigenvalue weighted by atomic mass is 10.1. The van der Waals surface area contributed by atoms with Crippen molar-refractivity contribution in [2.24, 2.45) is 0 Å². The SMILES string of the molecule is COc1ccc(C(=O)COC(=O)COc2ccc(Nc3ccccc3)cc2)c(OC)c1. The van der Waals surface area contributed by atoms with Crippen molar-refractivity contribution in [3.63, 3.8) is 0 Å². The van der Waals surface area contributed by atoms with Crippen LogP contribution in [0.2, 0.25) is 0 Å². The molecule has 1 N–H and O–H groups in total. The van der Waals surface area contributed by atoms with Crippen LogP contribution in [0.25, 0.3) is 0 Å². The van der Waals surface area contributed by atoms with E-state index in [1.165, 1.54) is 14.2 Å². The first kappa shape index (κ1) is 21.7. The Morgan fingerprint density at radius 2 is 1.45 bits per heavy atom. The summed E-state index contributed by atoms with van der Waals surface area (Å²) in [6.45, 7) is -0.719. The van der Waals surface area contributed by atoms with E-state index in [2.05, 4.69) is 5.32 Å². The van der Waals surface area contributed by atoms with E-state index in [4.69, 9.17) is 18.9 Å². The van der Waals surface area contributed by atoms with Gasteiger partial charge >= 0.3 is 5.97 Å². The summed E-state index contributed by atoms with van der Waals surface area (Å²) in [6.07, 6.45) is 0. The van der Waals surface area contributed by atoms with Gasteiger partial charge in [0.2, 0.25) is 5.78 Å². The number of para-hydroxylation sites is 1. The third kappa shape index (κ3) is 6.24. The number of carbonyl (C=O) groups is 2. The van der Waals surface area contributed by atoms with Gasteiger partial charge in [0.05, 0.1) is 19.8 Å². The summed E-state index contributed by atoms with van der Waals surface area (Å²) in [7, 11) is 2.97. The molecule has 0 aliphatic heterocycles. The van der Waals surface area contributed by atoms with Gasteiger partial charge in [-0.05, 0) is 48.5 Å². The highest BCUT2D eigenvalue weighted by Gasteiger charge is 2.16. The Balaban J connectivity index is 1.46. The minimum absolute atomic E-state index is 0.304. The van der Waals surface area contributed by atoms with E-state index >= 15 is 0 Å². The van der Waals surface area contributed by atoms with Gasteiger partial charge in [-0.1, -0.05) is 18.2 Å². The Labute approximate surface area is 180 Å². The zero-order valence-corrected chi connectivity index (χ0v) is 17.3. The molecule has 3 rings (SSSR count). The van der Waals surface area contributed by atoms with Crippen molar-refractivity contribution in [3.05, 3.63) is 78.4 Å². The zero-order valence-electron chi connectivity index (χ0n) is 17.3. The van der Waals surface area contributed by atoms with E-state index in [0.29, 0.717) is 22.8 Å². The summed E-state index contributed by atoms with van der Waals surface area (Å²) in [5, 5.41) is 3.26. The Morgan fingerprint density at radius 3 is 2.13 bits per heavy atom. The van der Waals surface area contributed by atoms with Crippen molar-refractivity contribution in [2.45, 2.75) is 0 Å². The third-order valence-corrected chi connectivity index (χ3v) is 4.35. The molecule has 7 heteroatoms. The van der Waals surface area contributed by atoms with Crippen LogP contribution in [0.3, 0.4) is 0 Å². The number of esters is 1. The van der Waals surface area contributed by atoms with Gasteiger partial charge in [0.15, 0.2) is 13.2 Å².